The average molecular weight is 281 g/mol. The van der Waals surface area contributed by atoms with Crippen molar-refractivity contribution in [3.05, 3.63) is 28.2 Å². The van der Waals surface area contributed by atoms with Crippen molar-refractivity contribution in [1.29, 1.82) is 5.26 Å². The highest BCUT2D eigenvalue weighted by Crippen LogP contribution is 2.25. The molecule has 3 nitrogen and oxygen atoms in total. The van der Waals surface area contributed by atoms with E-state index in [2.05, 4.69) is 21.2 Å². The zero-order chi connectivity index (χ0) is 12.3. The van der Waals surface area contributed by atoms with Gasteiger partial charge in [-0.05, 0) is 54.4 Å². The quantitative estimate of drug-likeness (QED) is 0.904. The zero-order valence-corrected chi connectivity index (χ0v) is 11.1. The van der Waals surface area contributed by atoms with Crippen molar-refractivity contribution in [3.63, 3.8) is 0 Å². The van der Waals surface area contributed by atoms with Gasteiger partial charge in [0.05, 0.1) is 11.8 Å². The molecule has 0 heterocycles. The highest BCUT2D eigenvalue weighted by molar-refractivity contribution is 9.10. The van der Waals surface area contributed by atoms with Gasteiger partial charge in [-0.15, -0.1) is 0 Å². The van der Waals surface area contributed by atoms with Crippen molar-refractivity contribution in [2.75, 3.05) is 5.32 Å². The second-order valence-electron chi connectivity index (χ2n) is 4.17. The Labute approximate surface area is 104 Å². The smallest absolute Gasteiger partial charge is 0.244 e. The monoisotopic (exact) mass is 280 g/mol. The Kier molecular flexibility index (Phi) is 3.71. The summed E-state index contributed by atoms with van der Waals surface area (Å²) in [6.45, 7) is 5.12. The van der Waals surface area contributed by atoms with Gasteiger partial charge in [-0.1, -0.05) is 6.07 Å². The van der Waals surface area contributed by atoms with Crippen LogP contribution in [0.2, 0.25) is 0 Å². The number of hydrogen-bond donors (Lipinski definition) is 1. The predicted octanol–water partition coefficient (Wildman–Crippen LogP) is 3.25. The number of nitrogens with zero attached hydrogens (tertiary/aromatic N) is 1. The first-order valence-corrected chi connectivity index (χ1v) is 5.65. The molecule has 0 aliphatic rings. The van der Waals surface area contributed by atoms with E-state index in [1.807, 2.05) is 31.2 Å². The molecular formula is C12H13BrN2O. The number of nitriles is 1. The van der Waals surface area contributed by atoms with E-state index in [0.717, 1.165) is 10.0 Å². The predicted molar refractivity (Wildman–Crippen MR) is 66.9 cm³/mol. The number of benzene rings is 1. The van der Waals surface area contributed by atoms with Crippen molar-refractivity contribution in [2.24, 2.45) is 5.41 Å². The standard InChI is InChI=1S/C12H13BrN2O/c1-8-4-5-9(13)10(6-8)15-11(16)12(2,3)7-14/h4-6H,1-3H3,(H,15,16). The third kappa shape index (κ3) is 2.83. The summed E-state index contributed by atoms with van der Waals surface area (Å²) in [5.41, 5.74) is 0.713. The molecule has 0 atom stereocenters. The topological polar surface area (TPSA) is 52.9 Å². The van der Waals surface area contributed by atoms with Crippen LogP contribution in [0.1, 0.15) is 19.4 Å². The maximum absolute atomic E-state index is 11.8. The molecule has 0 bridgehead atoms. The fourth-order valence-corrected chi connectivity index (χ4v) is 1.41. The number of carbonyl (C=O) groups excluding carboxylic acids is 1. The van der Waals surface area contributed by atoms with E-state index in [4.69, 9.17) is 5.26 Å². The minimum absolute atomic E-state index is 0.304. The summed E-state index contributed by atoms with van der Waals surface area (Å²) in [5.74, 6) is -0.304. The lowest BCUT2D eigenvalue weighted by Gasteiger charge is -2.16. The molecule has 0 radical (unpaired) electrons. The first-order chi connectivity index (χ1) is 7.36. The van der Waals surface area contributed by atoms with E-state index in [9.17, 15) is 4.79 Å². The number of halogens is 1. The Balaban J connectivity index is 2.94. The summed E-state index contributed by atoms with van der Waals surface area (Å²) >= 11 is 3.35. The molecule has 1 N–H and O–H groups in total. The van der Waals surface area contributed by atoms with Crippen LogP contribution in [0.4, 0.5) is 5.69 Å². The van der Waals surface area contributed by atoms with Gasteiger partial charge in [0.15, 0.2) is 0 Å². The number of amides is 1. The molecule has 0 spiro atoms. The maximum atomic E-state index is 11.8. The van der Waals surface area contributed by atoms with Gasteiger partial charge in [0.2, 0.25) is 5.91 Å². The lowest BCUT2D eigenvalue weighted by Crippen LogP contribution is -2.29. The molecule has 0 unspecified atom stereocenters. The van der Waals surface area contributed by atoms with Crippen molar-refractivity contribution >= 4 is 27.5 Å². The summed E-state index contributed by atoms with van der Waals surface area (Å²) in [4.78, 5) is 11.8. The minimum Gasteiger partial charge on any atom is -0.324 e. The first kappa shape index (κ1) is 12.7. The summed E-state index contributed by atoms with van der Waals surface area (Å²) in [7, 11) is 0. The van der Waals surface area contributed by atoms with Gasteiger partial charge in [0.25, 0.3) is 0 Å². The molecule has 0 fully saturated rings. The molecule has 0 aromatic heterocycles. The van der Waals surface area contributed by atoms with Crippen LogP contribution in [0.15, 0.2) is 22.7 Å². The Morgan fingerprint density at radius 1 is 1.50 bits per heavy atom. The number of anilines is 1. The highest BCUT2D eigenvalue weighted by Gasteiger charge is 2.27. The van der Waals surface area contributed by atoms with E-state index in [1.165, 1.54) is 0 Å². The van der Waals surface area contributed by atoms with E-state index >= 15 is 0 Å². The van der Waals surface area contributed by atoms with E-state index in [-0.39, 0.29) is 5.91 Å². The SMILES string of the molecule is Cc1ccc(Br)c(NC(=O)C(C)(C)C#N)c1. The molecule has 1 amide bonds. The third-order valence-corrected chi connectivity index (χ3v) is 2.91. The van der Waals surface area contributed by atoms with Crippen LogP contribution < -0.4 is 5.32 Å². The van der Waals surface area contributed by atoms with E-state index < -0.39 is 5.41 Å². The van der Waals surface area contributed by atoms with Gasteiger partial charge in [-0.3, -0.25) is 4.79 Å². The Hall–Kier alpha value is -1.34. The average Bonchev–Trinajstić information content (AvgIpc) is 2.23. The second kappa shape index (κ2) is 4.67. The molecule has 16 heavy (non-hydrogen) atoms. The lowest BCUT2D eigenvalue weighted by molar-refractivity contribution is -0.121. The second-order valence-corrected chi connectivity index (χ2v) is 5.03. The van der Waals surface area contributed by atoms with Gasteiger partial charge in [-0.25, -0.2) is 0 Å². The molecule has 0 aliphatic heterocycles. The Bertz CT molecular complexity index is 461. The van der Waals surface area contributed by atoms with Crippen LogP contribution >= 0.6 is 15.9 Å². The van der Waals surface area contributed by atoms with Crippen LogP contribution in [0.3, 0.4) is 0 Å². The molecule has 1 aromatic carbocycles. The highest BCUT2D eigenvalue weighted by atomic mass is 79.9. The molecule has 1 rings (SSSR count). The van der Waals surface area contributed by atoms with Crippen molar-refractivity contribution in [2.45, 2.75) is 20.8 Å². The number of aryl methyl sites for hydroxylation is 1. The fraction of sp³-hybridized carbons (Fsp3) is 0.333. The van der Waals surface area contributed by atoms with Crippen LogP contribution in [-0.2, 0) is 4.79 Å². The number of rotatable bonds is 2. The van der Waals surface area contributed by atoms with Crippen LogP contribution in [0.25, 0.3) is 0 Å². The summed E-state index contributed by atoms with van der Waals surface area (Å²) in [6.07, 6.45) is 0. The third-order valence-electron chi connectivity index (χ3n) is 2.22. The van der Waals surface area contributed by atoms with Crippen molar-refractivity contribution in [1.82, 2.24) is 0 Å². The first-order valence-electron chi connectivity index (χ1n) is 4.85. The van der Waals surface area contributed by atoms with Crippen molar-refractivity contribution in [3.8, 4) is 6.07 Å². The molecular weight excluding hydrogens is 268 g/mol. The van der Waals surface area contributed by atoms with Gasteiger partial charge < -0.3 is 5.32 Å². The van der Waals surface area contributed by atoms with Gasteiger partial charge in [0, 0.05) is 4.47 Å². The number of nitrogens with one attached hydrogen (secondary N) is 1. The Morgan fingerprint density at radius 2 is 2.12 bits per heavy atom. The Morgan fingerprint density at radius 3 is 2.69 bits per heavy atom. The van der Waals surface area contributed by atoms with Crippen LogP contribution in [0.5, 0.6) is 0 Å². The number of hydrogen-bond acceptors (Lipinski definition) is 2. The number of carbonyl (C=O) groups is 1. The van der Waals surface area contributed by atoms with Crippen LogP contribution in [0, 0.1) is 23.7 Å². The largest absolute Gasteiger partial charge is 0.324 e. The maximum Gasteiger partial charge on any atom is 0.244 e. The van der Waals surface area contributed by atoms with E-state index in [0.29, 0.717) is 5.69 Å². The molecule has 0 saturated heterocycles. The van der Waals surface area contributed by atoms with Gasteiger partial charge in [-0.2, -0.15) is 5.26 Å². The van der Waals surface area contributed by atoms with Crippen molar-refractivity contribution < 1.29 is 4.79 Å². The van der Waals surface area contributed by atoms with Gasteiger partial charge >= 0.3 is 0 Å². The molecule has 4 heteroatoms. The summed E-state index contributed by atoms with van der Waals surface area (Å²) in [6, 6.07) is 7.63. The summed E-state index contributed by atoms with van der Waals surface area (Å²) in [5, 5.41) is 11.6. The normalized spacial score (nSPS) is 10.7. The lowest BCUT2D eigenvalue weighted by atomic mass is 9.94. The molecule has 1 aromatic rings. The molecule has 0 saturated carbocycles. The van der Waals surface area contributed by atoms with E-state index in [1.54, 1.807) is 13.8 Å². The summed E-state index contributed by atoms with van der Waals surface area (Å²) < 4.78 is 0.806. The fourth-order valence-electron chi connectivity index (χ4n) is 1.06. The van der Waals surface area contributed by atoms with Gasteiger partial charge in [0.1, 0.15) is 5.41 Å². The molecule has 0 aliphatic carbocycles. The zero-order valence-electron chi connectivity index (χ0n) is 9.47. The minimum atomic E-state index is -1.02. The molecule has 84 valence electrons. The van der Waals surface area contributed by atoms with Crippen LogP contribution in [-0.4, -0.2) is 5.91 Å².